The van der Waals surface area contributed by atoms with Crippen molar-refractivity contribution in [2.75, 3.05) is 0 Å². The maximum Gasteiger partial charge on any atom is 0.226 e. The van der Waals surface area contributed by atoms with Gasteiger partial charge in [0.25, 0.3) is 0 Å². The SMILES string of the molecule is C[C@@H](NC(=O)Cc1csc(Cc2ccccn2)n1)c1ccc(F)cc1. The number of halogens is 1. The van der Waals surface area contributed by atoms with Gasteiger partial charge in [0.2, 0.25) is 5.91 Å². The summed E-state index contributed by atoms with van der Waals surface area (Å²) in [5.41, 5.74) is 2.57. The Bertz CT molecular complexity index is 833. The minimum Gasteiger partial charge on any atom is -0.349 e. The van der Waals surface area contributed by atoms with E-state index in [9.17, 15) is 9.18 Å². The monoisotopic (exact) mass is 355 g/mol. The number of pyridine rings is 1. The molecule has 1 aromatic carbocycles. The highest BCUT2D eigenvalue weighted by Crippen LogP contribution is 2.16. The van der Waals surface area contributed by atoms with Crippen LogP contribution in [0.3, 0.4) is 0 Å². The molecule has 0 bridgehead atoms. The second kappa shape index (κ2) is 7.98. The molecule has 1 atom stereocenters. The van der Waals surface area contributed by atoms with Gasteiger partial charge in [-0.2, -0.15) is 0 Å². The molecule has 4 nitrogen and oxygen atoms in total. The molecule has 1 N–H and O–H groups in total. The fraction of sp³-hybridized carbons (Fsp3) is 0.211. The van der Waals surface area contributed by atoms with Crippen LogP contribution in [-0.2, 0) is 17.6 Å². The van der Waals surface area contributed by atoms with E-state index in [0.29, 0.717) is 6.42 Å². The van der Waals surface area contributed by atoms with E-state index in [-0.39, 0.29) is 24.2 Å². The molecule has 0 aliphatic heterocycles. The lowest BCUT2D eigenvalue weighted by molar-refractivity contribution is -0.121. The summed E-state index contributed by atoms with van der Waals surface area (Å²) in [4.78, 5) is 21.0. The van der Waals surface area contributed by atoms with Crippen molar-refractivity contribution in [3.8, 4) is 0 Å². The summed E-state index contributed by atoms with van der Waals surface area (Å²) in [6, 6.07) is 11.7. The fourth-order valence-electron chi connectivity index (χ4n) is 2.46. The van der Waals surface area contributed by atoms with E-state index < -0.39 is 0 Å². The van der Waals surface area contributed by atoms with Crippen molar-refractivity contribution in [3.05, 3.63) is 81.8 Å². The first-order valence-corrected chi connectivity index (χ1v) is 8.86. The van der Waals surface area contributed by atoms with Gasteiger partial charge in [0.1, 0.15) is 5.82 Å². The summed E-state index contributed by atoms with van der Waals surface area (Å²) < 4.78 is 13.0. The Morgan fingerprint density at radius 1 is 1.20 bits per heavy atom. The highest BCUT2D eigenvalue weighted by Gasteiger charge is 2.12. The number of carbonyl (C=O) groups is 1. The van der Waals surface area contributed by atoms with Gasteiger partial charge in [0.05, 0.1) is 23.2 Å². The number of hydrogen-bond donors (Lipinski definition) is 1. The van der Waals surface area contributed by atoms with Crippen LogP contribution in [-0.4, -0.2) is 15.9 Å². The number of amides is 1. The van der Waals surface area contributed by atoms with Gasteiger partial charge in [0, 0.05) is 23.7 Å². The number of rotatable bonds is 6. The van der Waals surface area contributed by atoms with Crippen LogP contribution in [0.4, 0.5) is 4.39 Å². The van der Waals surface area contributed by atoms with Crippen LogP contribution < -0.4 is 5.32 Å². The van der Waals surface area contributed by atoms with E-state index in [1.54, 1.807) is 18.3 Å². The highest BCUT2D eigenvalue weighted by molar-refractivity contribution is 7.09. The normalized spacial score (nSPS) is 11.9. The molecule has 6 heteroatoms. The maximum atomic E-state index is 13.0. The molecular weight excluding hydrogens is 337 g/mol. The predicted octanol–water partition coefficient (Wildman–Crippen LogP) is 3.69. The van der Waals surface area contributed by atoms with Crippen molar-refractivity contribution in [1.82, 2.24) is 15.3 Å². The number of aromatic nitrogens is 2. The molecule has 3 aromatic rings. The first kappa shape index (κ1) is 17.2. The van der Waals surface area contributed by atoms with Crippen LogP contribution in [0.1, 0.15) is 34.9 Å². The molecule has 3 rings (SSSR count). The van der Waals surface area contributed by atoms with Crippen molar-refractivity contribution in [1.29, 1.82) is 0 Å². The summed E-state index contributed by atoms with van der Waals surface area (Å²) in [6.45, 7) is 1.87. The number of nitrogens with zero attached hydrogens (tertiary/aromatic N) is 2. The minimum atomic E-state index is -0.287. The molecule has 0 aliphatic rings. The molecule has 0 aliphatic carbocycles. The van der Waals surface area contributed by atoms with Crippen LogP contribution >= 0.6 is 11.3 Å². The fourth-order valence-corrected chi connectivity index (χ4v) is 3.27. The van der Waals surface area contributed by atoms with Crippen molar-refractivity contribution >= 4 is 17.2 Å². The Balaban J connectivity index is 1.55. The summed E-state index contributed by atoms with van der Waals surface area (Å²) in [7, 11) is 0. The molecular formula is C19H18FN3OS. The first-order valence-electron chi connectivity index (χ1n) is 7.98. The molecule has 25 heavy (non-hydrogen) atoms. The van der Waals surface area contributed by atoms with Gasteiger partial charge in [-0.3, -0.25) is 9.78 Å². The van der Waals surface area contributed by atoms with Crippen molar-refractivity contribution in [2.24, 2.45) is 0 Å². The van der Waals surface area contributed by atoms with E-state index in [4.69, 9.17) is 0 Å². The number of carbonyl (C=O) groups excluding carboxylic acids is 1. The lowest BCUT2D eigenvalue weighted by Gasteiger charge is -2.13. The lowest BCUT2D eigenvalue weighted by Crippen LogP contribution is -2.28. The second-order valence-corrected chi connectivity index (χ2v) is 6.69. The summed E-state index contributed by atoms with van der Waals surface area (Å²) in [5.74, 6) is -0.392. The number of benzene rings is 1. The topological polar surface area (TPSA) is 54.9 Å². The van der Waals surface area contributed by atoms with Gasteiger partial charge < -0.3 is 5.32 Å². The van der Waals surface area contributed by atoms with Gasteiger partial charge in [-0.1, -0.05) is 18.2 Å². The lowest BCUT2D eigenvalue weighted by atomic mass is 10.1. The standard InChI is InChI=1S/C19H18FN3OS/c1-13(14-5-7-15(20)8-6-14)22-18(24)10-17-12-25-19(23-17)11-16-4-2-3-9-21-16/h2-9,12-13H,10-11H2,1H3,(H,22,24)/t13-/m1/s1. The van der Waals surface area contributed by atoms with E-state index >= 15 is 0 Å². The van der Waals surface area contributed by atoms with E-state index in [0.717, 1.165) is 22.0 Å². The van der Waals surface area contributed by atoms with Gasteiger partial charge in [-0.15, -0.1) is 11.3 Å². The highest BCUT2D eigenvalue weighted by atomic mass is 32.1. The molecule has 0 fully saturated rings. The predicted molar refractivity (Wildman–Crippen MR) is 95.8 cm³/mol. The molecule has 2 aromatic heterocycles. The zero-order chi connectivity index (χ0) is 17.6. The summed E-state index contributed by atoms with van der Waals surface area (Å²) in [5, 5.41) is 5.76. The van der Waals surface area contributed by atoms with Gasteiger partial charge in [0.15, 0.2) is 0 Å². The Hall–Kier alpha value is -2.60. The van der Waals surface area contributed by atoms with E-state index in [2.05, 4.69) is 15.3 Å². The quantitative estimate of drug-likeness (QED) is 0.734. The average molecular weight is 355 g/mol. The average Bonchev–Trinajstić information content (AvgIpc) is 3.03. The van der Waals surface area contributed by atoms with Gasteiger partial charge in [-0.05, 0) is 36.8 Å². The zero-order valence-electron chi connectivity index (χ0n) is 13.8. The second-order valence-electron chi connectivity index (χ2n) is 5.75. The van der Waals surface area contributed by atoms with Crippen LogP contribution in [0, 0.1) is 5.82 Å². The van der Waals surface area contributed by atoms with E-state index in [1.807, 2.05) is 30.5 Å². The maximum absolute atomic E-state index is 13.0. The summed E-state index contributed by atoms with van der Waals surface area (Å²) in [6.07, 6.45) is 2.65. The van der Waals surface area contributed by atoms with Crippen LogP contribution in [0.2, 0.25) is 0 Å². The number of hydrogen-bond acceptors (Lipinski definition) is 4. The molecule has 0 unspecified atom stereocenters. The van der Waals surface area contributed by atoms with E-state index in [1.165, 1.54) is 23.5 Å². The molecule has 2 heterocycles. The molecule has 0 saturated heterocycles. The Morgan fingerprint density at radius 2 is 2.00 bits per heavy atom. The van der Waals surface area contributed by atoms with Crippen LogP contribution in [0.25, 0.3) is 0 Å². The number of thiazole rings is 1. The third-order valence-electron chi connectivity index (χ3n) is 3.75. The molecule has 128 valence electrons. The van der Waals surface area contributed by atoms with Crippen LogP contribution in [0.15, 0.2) is 54.0 Å². The zero-order valence-corrected chi connectivity index (χ0v) is 14.6. The summed E-state index contributed by atoms with van der Waals surface area (Å²) >= 11 is 1.53. The molecule has 1 amide bonds. The smallest absolute Gasteiger partial charge is 0.226 e. The van der Waals surface area contributed by atoms with Gasteiger partial charge >= 0.3 is 0 Å². The Morgan fingerprint density at radius 3 is 2.72 bits per heavy atom. The Labute approximate surface area is 149 Å². The van der Waals surface area contributed by atoms with Crippen molar-refractivity contribution in [3.63, 3.8) is 0 Å². The molecule has 0 radical (unpaired) electrons. The third-order valence-corrected chi connectivity index (χ3v) is 4.64. The van der Waals surface area contributed by atoms with Crippen molar-refractivity contribution < 1.29 is 9.18 Å². The van der Waals surface area contributed by atoms with Crippen molar-refractivity contribution in [2.45, 2.75) is 25.8 Å². The Kier molecular flexibility index (Phi) is 5.50. The third kappa shape index (κ3) is 4.93. The van der Waals surface area contributed by atoms with Crippen LogP contribution in [0.5, 0.6) is 0 Å². The minimum absolute atomic E-state index is 0.105. The first-order chi connectivity index (χ1) is 12.1. The van der Waals surface area contributed by atoms with Gasteiger partial charge in [-0.25, -0.2) is 9.37 Å². The molecule has 0 spiro atoms. The number of nitrogens with one attached hydrogen (secondary N) is 1. The molecule has 0 saturated carbocycles. The largest absolute Gasteiger partial charge is 0.349 e.